The van der Waals surface area contributed by atoms with Gasteiger partial charge in [-0.3, -0.25) is 4.79 Å². The van der Waals surface area contributed by atoms with Crippen LogP contribution in [-0.4, -0.2) is 48.5 Å². The molecule has 0 radical (unpaired) electrons. The zero-order valence-electron chi connectivity index (χ0n) is 18.6. The number of hydrogen-bond acceptors (Lipinski definition) is 4. The molecule has 0 saturated carbocycles. The van der Waals surface area contributed by atoms with E-state index in [9.17, 15) is 27.5 Å². The van der Waals surface area contributed by atoms with Gasteiger partial charge in [0.25, 0.3) is 5.60 Å². The van der Waals surface area contributed by atoms with Crippen LogP contribution in [-0.2, 0) is 11.2 Å². The summed E-state index contributed by atoms with van der Waals surface area (Å²) in [5, 5.41) is 9.90. The molecule has 1 aliphatic carbocycles. The summed E-state index contributed by atoms with van der Waals surface area (Å²) in [7, 11) is 3.00. The van der Waals surface area contributed by atoms with Crippen LogP contribution in [0.5, 0.6) is 11.5 Å². The van der Waals surface area contributed by atoms with Gasteiger partial charge < -0.3 is 19.5 Å². The second kappa shape index (κ2) is 9.45. The van der Waals surface area contributed by atoms with Crippen LogP contribution in [0.4, 0.5) is 17.6 Å². The Balaban J connectivity index is 1.91. The molecule has 0 bridgehead atoms. The third-order valence-electron chi connectivity index (χ3n) is 5.72. The van der Waals surface area contributed by atoms with Gasteiger partial charge >= 0.3 is 6.18 Å². The van der Waals surface area contributed by atoms with E-state index in [2.05, 4.69) is 0 Å². The molecule has 1 N–H and O–H groups in total. The normalized spacial score (nSPS) is 23.6. The number of nitrogens with zero attached hydrogens (tertiary/aromatic N) is 1. The zero-order valence-corrected chi connectivity index (χ0v) is 18.6. The van der Waals surface area contributed by atoms with E-state index in [1.807, 2.05) is 5.73 Å². The number of alkyl halides is 3. The van der Waals surface area contributed by atoms with Crippen molar-refractivity contribution < 1.29 is 36.9 Å². The molecule has 3 rings (SSSR count). The standard InChI is InChI=1S/C24H25F4NO4/c1-4-20-16(12-17-13-21(25)23(17,31)24(26,27)28)7-5-6-8-29(20)22(30)11-15-9-18(32-2)14-19(10-15)33-3/h4,9-10,12,14,31H,5-8,11H2,1-3H3/b16-12-,20-4+. The van der Waals surface area contributed by atoms with Gasteiger partial charge in [0.1, 0.15) is 11.5 Å². The predicted molar refractivity (Wildman–Crippen MR) is 113 cm³/mol. The lowest BCUT2D eigenvalue weighted by Crippen LogP contribution is -2.50. The van der Waals surface area contributed by atoms with Crippen molar-refractivity contribution in [2.24, 2.45) is 0 Å². The van der Waals surface area contributed by atoms with Gasteiger partial charge in [-0.25, -0.2) is 0 Å². The molecule has 0 spiro atoms. The Labute approximate surface area is 189 Å². The lowest BCUT2D eigenvalue weighted by molar-refractivity contribution is -0.237. The summed E-state index contributed by atoms with van der Waals surface area (Å²) in [6.07, 6.45) is -0.854. The molecule has 9 heteroatoms. The Morgan fingerprint density at radius 2 is 1.85 bits per heavy atom. The van der Waals surface area contributed by atoms with Gasteiger partial charge in [-0.15, -0.1) is 0 Å². The Bertz CT molecular complexity index is 1040. The Hall–Kier alpha value is -3.03. The fourth-order valence-corrected chi connectivity index (χ4v) is 3.94. The van der Waals surface area contributed by atoms with Crippen LogP contribution in [0.2, 0.25) is 0 Å². The third-order valence-corrected chi connectivity index (χ3v) is 5.72. The van der Waals surface area contributed by atoms with Gasteiger partial charge in [0.2, 0.25) is 5.91 Å². The number of carbonyl (C=O) groups is 1. The predicted octanol–water partition coefficient (Wildman–Crippen LogP) is 4.77. The lowest BCUT2D eigenvalue weighted by atomic mass is 9.82. The zero-order chi connectivity index (χ0) is 24.4. The molecule has 1 fully saturated rings. The highest BCUT2D eigenvalue weighted by Crippen LogP contribution is 2.48. The van der Waals surface area contributed by atoms with E-state index < -0.39 is 23.2 Å². The van der Waals surface area contributed by atoms with Crippen molar-refractivity contribution in [3.63, 3.8) is 0 Å². The first-order chi connectivity index (χ1) is 15.5. The lowest BCUT2D eigenvalue weighted by Gasteiger charge is -2.33. The molecule has 2 aliphatic rings. The van der Waals surface area contributed by atoms with E-state index in [0.29, 0.717) is 54.1 Å². The van der Waals surface area contributed by atoms with Crippen molar-refractivity contribution in [1.82, 2.24) is 4.90 Å². The number of aliphatic hydroxyl groups is 1. The maximum Gasteiger partial charge on any atom is 0.429 e. The summed E-state index contributed by atoms with van der Waals surface area (Å²) in [6, 6.07) is 5.10. The van der Waals surface area contributed by atoms with Gasteiger partial charge in [0, 0.05) is 23.9 Å². The number of rotatable bonds is 5. The number of hydrogen-bond donors (Lipinski definition) is 1. The molecule has 1 aromatic carbocycles. The first-order valence-electron chi connectivity index (χ1n) is 10.4. The smallest absolute Gasteiger partial charge is 0.429 e. The summed E-state index contributed by atoms with van der Waals surface area (Å²) >= 11 is 0. The molecule has 33 heavy (non-hydrogen) atoms. The number of ether oxygens (including phenoxy) is 2. The molecule has 5 nitrogen and oxygen atoms in total. The van der Waals surface area contributed by atoms with Crippen LogP contribution in [0.3, 0.4) is 0 Å². The van der Waals surface area contributed by atoms with Crippen molar-refractivity contribution >= 4 is 5.91 Å². The number of amides is 1. The van der Waals surface area contributed by atoms with Gasteiger partial charge in [0.05, 0.1) is 20.6 Å². The molecule has 1 aliphatic heterocycles. The monoisotopic (exact) mass is 467 g/mol. The SMILES string of the molecule is C/C=C1\C(=C/C2=C=C(F)C2(O)C(F)(F)F)CCCCN1C(=O)Cc1cc(OC)cc(OC)c1. The fraction of sp³-hybridized carbons (Fsp3) is 0.417. The quantitative estimate of drug-likeness (QED) is 0.501. The molecule has 178 valence electrons. The summed E-state index contributed by atoms with van der Waals surface area (Å²) in [6.45, 7) is 2.05. The van der Waals surface area contributed by atoms with Gasteiger partial charge in [0.15, 0.2) is 5.83 Å². The number of likely N-dealkylation sites (tertiary alicyclic amines) is 1. The van der Waals surface area contributed by atoms with Crippen molar-refractivity contribution in [3.8, 4) is 11.5 Å². The van der Waals surface area contributed by atoms with E-state index in [1.54, 1.807) is 31.2 Å². The van der Waals surface area contributed by atoms with Crippen molar-refractivity contribution in [2.45, 2.75) is 44.4 Å². The Morgan fingerprint density at radius 3 is 2.36 bits per heavy atom. The molecule has 1 unspecified atom stereocenters. The molecule has 1 aromatic rings. The molecule has 1 saturated heterocycles. The summed E-state index contributed by atoms with van der Waals surface area (Å²) < 4.78 is 63.9. The van der Waals surface area contributed by atoms with Gasteiger partial charge in [-0.1, -0.05) is 11.8 Å². The second-order valence-corrected chi connectivity index (χ2v) is 7.80. The maximum absolute atomic E-state index is 13.6. The van der Waals surface area contributed by atoms with Crippen molar-refractivity contribution in [1.29, 1.82) is 0 Å². The number of halogens is 4. The number of allylic oxidation sites excluding steroid dienone is 2. The highest BCUT2D eigenvalue weighted by molar-refractivity contribution is 5.82. The van der Waals surface area contributed by atoms with Gasteiger partial charge in [-0.05, 0) is 55.5 Å². The highest BCUT2D eigenvalue weighted by Gasteiger charge is 2.63. The molecule has 1 atom stereocenters. The van der Waals surface area contributed by atoms with Crippen LogP contribution in [0.25, 0.3) is 0 Å². The van der Waals surface area contributed by atoms with Crippen LogP contribution in [0.1, 0.15) is 31.7 Å². The maximum atomic E-state index is 13.6. The van der Waals surface area contributed by atoms with Crippen molar-refractivity contribution in [2.75, 3.05) is 20.8 Å². The molecule has 1 heterocycles. The van der Waals surface area contributed by atoms with Crippen molar-refractivity contribution in [3.05, 3.63) is 64.3 Å². The number of benzene rings is 1. The molecule has 1 amide bonds. The Kier molecular flexibility index (Phi) is 7.05. The first kappa shape index (κ1) is 24.6. The summed E-state index contributed by atoms with van der Waals surface area (Å²) in [4.78, 5) is 14.7. The molecular weight excluding hydrogens is 442 g/mol. The summed E-state index contributed by atoms with van der Waals surface area (Å²) in [5.41, 5.74) is -0.958. The minimum Gasteiger partial charge on any atom is -0.497 e. The Morgan fingerprint density at radius 1 is 1.21 bits per heavy atom. The van der Waals surface area contributed by atoms with E-state index in [0.717, 1.165) is 6.08 Å². The number of methoxy groups -OCH3 is 2. The van der Waals surface area contributed by atoms with E-state index in [4.69, 9.17) is 9.47 Å². The topological polar surface area (TPSA) is 59.0 Å². The first-order valence-corrected chi connectivity index (χ1v) is 10.4. The fourth-order valence-electron chi connectivity index (χ4n) is 3.94. The van der Waals surface area contributed by atoms with Gasteiger partial charge in [-0.2, -0.15) is 17.6 Å². The van der Waals surface area contributed by atoms with Crippen LogP contribution >= 0.6 is 0 Å². The van der Waals surface area contributed by atoms with Crippen LogP contribution in [0, 0.1) is 0 Å². The largest absolute Gasteiger partial charge is 0.497 e. The van der Waals surface area contributed by atoms with E-state index in [1.165, 1.54) is 19.1 Å². The van der Waals surface area contributed by atoms with E-state index in [-0.39, 0.29) is 12.3 Å². The van der Waals surface area contributed by atoms with E-state index >= 15 is 0 Å². The van der Waals surface area contributed by atoms with Crippen LogP contribution < -0.4 is 9.47 Å². The van der Waals surface area contributed by atoms with Crippen LogP contribution in [0.15, 0.2) is 58.8 Å². The average molecular weight is 467 g/mol. The summed E-state index contributed by atoms with van der Waals surface area (Å²) in [5.74, 6) is -0.979. The molecular formula is C24H25F4NO4. The minimum atomic E-state index is -5.21. The third kappa shape index (κ3) is 4.70. The average Bonchev–Trinajstić information content (AvgIpc) is 2.99. The molecule has 0 aromatic heterocycles. The second-order valence-electron chi connectivity index (χ2n) is 7.80. The number of carbonyl (C=O) groups excluding carboxylic acids is 1. The minimum absolute atomic E-state index is 0.0158. The highest BCUT2D eigenvalue weighted by atomic mass is 19.4.